The molecule has 346 valence electrons. The first-order chi connectivity index (χ1) is 30.8. The fraction of sp³-hybridized carbons (Fsp3) is 0.400. The fourth-order valence-electron chi connectivity index (χ4n) is 7.70. The van der Waals surface area contributed by atoms with Crippen LogP contribution in [0.25, 0.3) is 0 Å². The third-order valence-corrected chi connectivity index (χ3v) is 17.6. The molecule has 0 bridgehead atoms. The van der Waals surface area contributed by atoms with Crippen molar-refractivity contribution in [2.75, 3.05) is 69.3 Å². The molecule has 2 aliphatic rings. The van der Waals surface area contributed by atoms with Gasteiger partial charge < -0.3 is 14.5 Å². The monoisotopic (exact) mass is 954 g/mol. The summed E-state index contributed by atoms with van der Waals surface area (Å²) in [7, 11) is -5.31. The van der Waals surface area contributed by atoms with Gasteiger partial charge >= 0.3 is 0 Å². The normalized spacial score (nSPS) is 15.7. The second kappa shape index (κ2) is 20.1. The molecule has 0 atom stereocenters. The Hall–Kier alpha value is -4.64. The van der Waals surface area contributed by atoms with Gasteiger partial charge in [-0.2, -0.15) is 8.61 Å². The molecule has 11 nitrogen and oxygen atoms in total. The van der Waals surface area contributed by atoms with Crippen LogP contribution in [0.5, 0.6) is 5.75 Å². The first-order valence-corrected chi connectivity index (χ1v) is 26.7. The number of aromatic nitrogens is 2. The second-order valence-electron chi connectivity index (χ2n) is 18.8. The highest BCUT2D eigenvalue weighted by Gasteiger charge is 2.31. The van der Waals surface area contributed by atoms with Gasteiger partial charge in [-0.25, -0.2) is 26.8 Å². The highest BCUT2D eigenvalue weighted by atomic mass is 32.2. The van der Waals surface area contributed by atoms with E-state index in [-0.39, 0.29) is 10.8 Å². The van der Waals surface area contributed by atoms with Crippen molar-refractivity contribution in [1.29, 1.82) is 0 Å². The lowest BCUT2D eigenvalue weighted by Crippen LogP contribution is -2.48. The minimum atomic E-state index is -3.49. The quantitative estimate of drug-likeness (QED) is 0.125. The molecule has 0 spiro atoms. The number of anilines is 2. The molecule has 15 heteroatoms. The molecule has 65 heavy (non-hydrogen) atoms. The molecule has 2 fully saturated rings. The maximum atomic E-state index is 13.1. The summed E-state index contributed by atoms with van der Waals surface area (Å²) in [5.41, 5.74) is 8.02. The summed E-state index contributed by atoms with van der Waals surface area (Å²) in [5.74, 6) is 0.843. The van der Waals surface area contributed by atoms with Crippen molar-refractivity contribution in [3.05, 3.63) is 147 Å². The Morgan fingerprint density at radius 3 is 1.22 bits per heavy atom. The zero-order valence-electron chi connectivity index (χ0n) is 38.8. The molecule has 2 aromatic heterocycles. The van der Waals surface area contributed by atoms with Gasteiger partial charge in [0, 0.05) is 76.0 Å². The average molecular weight is 955 g/mol. The van der Waals surface area contributed by atoms with Crippen molar-refractivity contribution in [2.45, 2.75) is 81.9 Å². The van der Waals surface area contributed by atoms with Crippen LogP contribution in [0, 0.1) is 6.92 Å². The van der Waals surface area contributed by atoms with Gasteiger partial charge in [0.1, 0.15) is 5.75 Å². The topological polar surface area (TPSA) is 116 Å². The number of ether oxygens (including phenoxy) is 1. The van der Waals surface area contributed by atoms with Gasteiger partial charge in [-0.1, -0.05) is 108 Å². The van der Waals surface area contributed by atoms with Crippen molar-refractivity contribution in [3.63, 3.8) is 0 Å². The molecule has 4 aromatic carbocycles. The Morgan fingerprint density at radius 2 is 0.877 bits per heavy atom. The van der Waals surface area contributed by atoms with Crippen molar-refractivity contribution < 1.29 is 21.6 Å². The van der Waals surface area contributed by atoms with Crippen molar-refractivity contribution in [1.82, 2.24) is 18.6 Å². The number of thiazole rings is 2. The van der Waals surface area contributed by atoms with Gasteiger partial charge in [0.25, 0.3) is 0 Å². The molecule has 8 rings (SSSR count). The molecule has 0 saturated carbocycles. The number of hydrogen-bond acceptors (Lipinski definition) is 11. The van der Waals surface area contributed by atoms with E-state index in [2.05, 4.69) is 105 Å². The van der Waals surface area contributed by atoms with Gasteiger partial charge in [0.2, 0.25) is 20.0 Å². The van der Waals surface area contributed by atoms with E-state index in [1.54, 1.807) is 62.7 Å². The molecule has 2 aliphatic heterocycles. The molecule has 0 aliphatic carbocycles. The van der Waals surface area contributed by atoms with Crippen molar-refractivity contribution in [2.24, 2.45) is 0 Å². The zero-order chi connectivity index (χ0) is 46.6. The van der Waals surface area contributed by atoms with Gasteiger partial charge in [-0.15, -0.1) is 22.7 Å². The van der Waals surface area contributed by atoms with Crippen molar-refractivity contribution in [3.8, 4) is 5.75 Å². The smallest absolute Gasteiger partial charge is 0.243 e. The molecule has 0 amide bonds. The summed E-state index contributed by atoms with van der Waals surface area (Å²) >= 11 is 3.25. The van der Waals surface area contributed by atoms with E-state index in [1.807, 2.05) is 36.4 Å². The predicted molar refractivity (Wildman–Crippen MR) is 266 cm³/mol. The van der Waals surface area contributed by atoms with E-state index in [1.165, 1.54) is 16.7 Å². The molecular formula is C50H62N6O5S4. The first-order valence-electron chi connectivity index (χ1n) is 22.1. The minimum absolute atomic E-state index is 0.0000673. The molecule has 0 unspecified atom stereocenters. The Balaban J connectivity index is 0.000000194. The molecule has 0 radical (unpaired) electrons. The number of methoxy groups -OCH3 is 1. The number of rotatable bonds is 11. The van der Waals surface area contributed by atoms with E-state index in [4.69, 9.17) is 14.7 Å². The average Bonchev–Trinajstić information content (AvgIpc) is 3.97. The third kappa shape index (κ3) is 12.0. The summed E-state index contributed by atoms with van der Waals surface area (Å²) in [4.78, 5) is 14.7. The number of sulfonamides is 2. The Labute approximate surface area is 394 Å². The summed E-state index contributed by atoms with van der Waals surface area (Å²) in [6, 6.07) is 31.2. The molecule has 2 saturated heterocycles. The third-order valence-electron chi connectivity index (χ3n) is 11.9. The Morgan fingerprint density at radius 1 is 0.523 bits per heavy atom. The number of piperazine rings is 2. The lowest BCUT2D eigenvalue weighted by Gasteiger charge is -2.33. The maximum Gasteiger partial charge on any atom is 0.243 e. The molecule has 4 heterocycles. The Bertz CT molecular complexity index is 2710. The maximum absolute atomic E-state index is 13.1. The zero-order valence-corrected chi connectivity index (χ0v) is 42.1. The first kappa shape index (κ1) is 48.3. The molecule has 6 aromatic rings. The van der Waals surface area contributed by atoms with E-state index < -0.39 is 20.0 Å². The molecular weight excluding hydrogens is 893 g/mol. The largest absolute Gasteiger partial charge is 0.497 e. The van der Waals surface area contributed by atoms with Crippen molar-refractivity contribution >= 4 is 53.0 Å². The number of hydrogen-bond donors (Lipinski definition) is 0. The second-order valence-corrected chi connectivity index (χ2v) is 24.3. The van der Waals surface area contributed by atoms with Gasteiger partial charge in [0.15, 0.2) is 10.3 Å². The van der Waals surface area contributed by atoms with Crippen LogP contribution >= 0.6 is 22.7 Å². The van der Waals surface area contributed by atoms with Crippen LogP contribution < -0.4 is 14.5 Å². The molecule has 0 N–H and O–H groups in total. The lowest BCUT2D eigenvalue weighted by atomic mass is 9.87. The van der Waals surface area contributed by atoms with E-state index >= 15 is 0 Å². The lowest BCUT2D eigenvalue weighted by molar-refractivity contribution is 0.384. The van der Waals surface area contributed by atoms with E-state index in [0.717, 1.165) is 51.4 Å². The fourth-order valence-corrected chi connectivity index (χ4v) is 12.3. The SMILES string of the molecule is COc1ccc(Cc2csc(N3CCN(S(=O)(=O)c4ccc(C(C)(C)C)cc4)CC3)n2)cc1.Cc1ccc(Cc2csc(N3CCN(S(=O)(=O)c4ccc(C(C)(C)C)cc4)CC3)n2)cc1. The number of nitrogens with zero attached hydrogens (tertiary/aromatic N) is 6. The Kier molecular flexibility index (Phi) is 14.9. The van der Waals surface area contributed by atoms with Gasteiger partial charge in [0.05, 0.1) is 28.3 Å². The van der Waals surface area contributed by atoms with Crippen LogP contribution in [-0.2, 0) is 43.7 Å². The summed E-state index contributed by atoms with van der Waals surface area (Å²) in [6.45, 7) is 19.2. The highest BCUT2D eigenvalue weighted by molar-refractivity contribution is 7.89. The number of aryl methyl sites for hydroxylation is 1. The van der Waals surface area contributed by atoms with Crippen LogP contribution in [-0.4, -0.2) is 94.9 Å². The number of benzene rings is 4. The minimum Gasteiger partial charge on any atom is -0.497 e. The van der Waals surface area contributed by atoms with Gasteiger partial charge in [-0.3, -0.25) is 0 Å². The summed E-state index contributed by atoms with van der Waals surface area (Å²) in [5, 5.41) is 6.11. The van der Waals surface area contributed by atoms with Crippen LogP contribution in [0.4, 0.5) is 10.3 Å². The van der Waals surface area contributed by atoms with Gasteiger partial charge in [-0.05, 0) is 76.4 Å². The van der Waals surface area contributed by atoms with E-state index in [9.17, 15) is 16.8 Å². The summed E-state index contributed by atoms with van der Waals surface area (Å²) in [6.07, 6.45) is 1.58. The predicted octanol–water partition coefficient (Wildman–Crippen LogP) is 9.40. The van der Waals surface area contributed by atoms with Crippen LogP contribution in [0.2, 0.25) is 0 Å². The summed E-state index contributed by atoms with van der Waals surface area (Å²) < 4.78 is 60.9. The van der Waals surface area contributed by atoms with Crippen LogP contribution in [0.1, 0.15) is 80.7 Å². The van der Waals surface area contributed by atoms with Crippen LogP contribution in [0.3, 0.4) is 0 Å². The van der Waals surface area contributed by atoms with Crippen LogP contribution in [0.15, 0.2) is 118 Å². The van der Waals surface area contributed by atoms with E-state index in [0.29, 0.717) is 62.1 Å². The highest BCUT2D eigenvalue weighted by Crippen LogP contribution is 2.30. The standard InChI is InChI=1S/C25H31N3O3S2.C25H31N3O2S2/c1-25(2,3)20-7-11-23(12-8-20)33(29,30)28-15-13-27(14-16-28)24-26-21(18-32-24)17-19-5-9-22(31-4)10-6-19;1-19-5-7-20(8-6-19)17-22-18-31-24(26-22)27-13-15-28(16-14-27)32(29,30)23-11-9-21(10-12-23)25(2,3)4/h5-12,18H,13-17H2,1-4H3;5-12,18H,13-17H2,1-4H3.